The van der Waals surface area contributed by atoms with Crippen molar-refractivity contribution in [1.82, 2.24) is 10.3 Å². The molecule has 1 amide bonds. The number of anilines is 1. The molecule has 0 aliphatic carbocycles. The van der Waals surface area contributed by atoms with E-state index in [9.17, 15) is 4.79 Å². The molecule has 0 unspecified atom stereocenters. The summed E-state index contributed by atoms with van der Waals surface area (Å²) < 4.78 is 5.90. The van der Waals surface area contributed by atoms with Gasteiger partial charge in [-0.25, -0.2) is 4.98 Å². The summed E-state index contributed by atoms with van der Waals surface area (Å²) in [5.74, 6) is 2.00. The molecule has 1 aromatic carbocycles. The number of ether oxygens (including phenoxy) is 1. The number of hydrogen-bond donors (Lipinski definition) is 1. The first-order valence-electron chi connectivity index (χ1n) is 8.38. The number of benzene rings is 1. The molecule has 0 radical (unpaired) electrons. The van der Waals surface area contributed by atoms with E-state index >= 15 is 0 Å². The van der Waals surface area contributed by atoms with Gasteiger partial charge in [0.05, 0.1) is 12.2 Å². The van der Waals surface area contributed by atoms with Crippen LogP contribution in [0.3, 0.4) is 0 Å². The summed E-state index contributed by atoms with van der Waals surface area (Å²) >= 11 is 0. The maximum atomic E-state index is 12.1. The van der Waals surface area contributed by atoms with Crippen molar-refractivity contribution in [1.29, 1.82) is 0 Å². The number of nitrogens with zero attached hydrogens (tertiary/aromatic N) is 2. The van der Waals surface area contributed by atoms with E-state index in [1.54, 1.807) is 19.3 Å². The van der Waals surface area contributed by atoms with Crippen LogP contribution in [0.25, 0.3) is 0 Å². The van der Waals surface area contributed by atoms with Crippen LogP contribution in [0.15, 0.2) is 48.7 Å². The van der Waals surface area contributed by atoms with Crippen molar-refractivity contribution in [3.8, 4) is 5.75 Å². The second kappa shape index (κ2) is 7.81. The molecular weight excluding hydrogens is 302 g/mol. The number of amides is 1. The summed E-state index contributed by atoms with van der Waals surface area (Å²) in [6.45, 7) is 2.46. The highest BCUT2D eigenvalue weighted by Crippen LogP contribution is 2.25. The van der Waals surface area contributed by atoms with Crippen LogP contribution in [0.2, 0.25) is 0 Å². The first-order valence-corrected chi connectivity index (χ1v) is 8.38. The Morgan fingerprint density at radius 2 is 2.12 bits per heavy atom. The first kappa shape index (κ1) is 16.3. The quantitative estimate of drug-likeness (QED) is 0.918. The maximum Gasteiger partial charge on any atom is 0.254 e. The van der Waals surface area contributed by atoms with Crippen LogP contribution < -0.4 is 15.0 Å². The van der Waals surface area contributed by atoms with E-state index in [0.29, 0.717) is 18.1 Å². The van der Waals surface area contributed by atoms with Gasteiger partial charge in [-0.05, 0) is 37.1 Å². The lowest BCUT2D eigenvalue weighted by molar-refractivity contribution is 0.0963. The third kappa shape index (κ3) is 3.85. The summed E-state index contributed by atoms with van der Waals surface area (Å²) in [7, 11) is 1.64. The second-order valence-corrected chi connectivity index (χ2v) is 6.03. The van der Waals surface area contributed by atoms with E-state index in [1.807, 2.05) is 36.4 Å². The fraction of sp³-hybridized carbons (Fsp3) is 0.368. The van der Waals surface area contributed by atoms with Crippen LogP contribution in [0.4, 0.5) is 5.82 Å². The highest BCUT2D eigenvalue weighted by atomic mass is 16.5. The smallest absolute Gasteiger partial charge is 0.254 e. The van der Waals surface area contributed by atoms with Gasteiger partial charge in [-0.3, -0.25) is 4.79 Å². The topological polar surface area (TPSA) is 54.5 Å². The fourth-order valence-electron chi connectivity index (χ4n) is 3.09. The molecule has 2 heterocycles. The van der Waals surface area contributed by atoms with Crippen LogP contribution in [-0.2, 0) is 0 Å². The average Bonchev–Trinajstić information content (AvgIpc) is 2.67. The van der Waals surface area contributed by atoms with Gasteiger partial charge in [0.1, 0.15) is 11.6 Å². The standard InChI is InChI=1S/C19H23N3O2/c1-20-19(23)17-10-5-11-21-18(17)22-12-6-7-15(13-22)14-24-16-8-3-2-4-9-16/h2-5,8-11,15H,6-7,12-14H2,1H3,(H,20,23)/t15-/m1/s1. The molecule has 1 saturated heterocycles. The molecule has 5 heteroatoms. The Morgan fingerprint density at radius 1 is 1.29 bits per heavy atom. The Balaban J connectivity index is 1.66. The van der Waals surface area contributed by atoms with Gasteiger partial charge in [0.25, 0.3) is 5.91 Å². The molecule has 126 valence electrons. The maximum absolute atomic E-state index is 12.1. The molecule has 2 aromatic rings. The Labute approximate surface area is 142 Å². The van der Waals surface area contributed by atoms with Crippen molar-refractivity contribution in [2.75, 3.05) is 31.6 Å². The molecule has 1 atom stereocenters. The van der Waals surface area contributed by atoms with Crippen molar-refractivity contribution in [3.63, 3.8) is 0 Å². The van der Waals surface area contributed by atoms with Crippen molar-refractivity contribution >= 4 is 11.7 Å². The summed E-state index contributed by atoms with van der Waals surface area (Å²) in [6, 6.07) is 13.5. The van der Waals surface area contributed by atoms with Crippen LogP contribution in [0.5, 0.6) is 5.75 Å². The second-order valence-electron chi connectivity index (χ2n) is 6.03. The molecule has 1 fully saturated rings. The Hall–Kier alpha value is -2.56. The molecular formula is C19H23N3O2. The minimum absolute atomic E-state index is 0.0965. The molecule has 0 spiro atoms. The van der Waals surface area contributed by atoms with Crippen LogP contribution in [-0.4, -0.2) is 37.6 Å². The molecule has 1 aromatic heterocycles. The van der Waals surface area contributed by atoms with Crippen molar-refractivity contribution in [2.45, 2.75) is 12.8 Å². The van der Waals surface area contributed by atoms with Crippen LogP contribution in [0, 0.1) is 5.92 Å². The van der Waals surface area contributed by atoms with E-state index in [2.05, 4.69) is 15.2 Å². The Kier molecular flexibility index (Phi) is 5.31. The summed E-state index contributed by atoms with van der Waals surface area (Å²) in [5.41, 5.74) is 0.629. The van der Waals surface area contributed by atoms with Gasteiger partial charge >= 0.3 is 0 Å². The van der Waals surface area contributed by atoms with Crippen LogP contribution >= 0.6 is 0 Å². The molecule has 24 heavy (non-hydrogen) atoms. The van der Waals surface area contributed by atoms with E-state index < -0.39 is 0 Å². The van der Waals surface area contributed by atoms with Crippen molar-refractivity contribution in [2.24, 2.45) is 5.92 Å². The number of nitrogens with one attached hydrogen (secondary N) is 1. The summed E-state index contributed by atoms with van der Waals surface area (Å²) in [4.78, 5) is 18.7. The number of pyridine rings is 1. The number of aromatic nitrogens is 1. The molecule has 5 nitrogen and oxygen atoms in total. The van der Waals surface area contributed by atoms with Crippen LogP contribution in [0.1, 0.15) is 23.2 Å². The number of carbonyl (C=O) groups is 1. The lowest BCUT2D eigenvalue weighted by Gasteiger charge is -2.34. The zero-order chi connectivity index (χ0) is 16.8. The van der Waals surface area contributed by atoms with E-state index in [1.165, 1.54) is 0 Å². The van der Waals surface area contributed by atoms with Gasteiger partial charge in [0, 0.05) is 32.3 Å². The number of rotatable bonds is 5. The molecule has 3 rings (SSSR count). The Bertz CT molecular complexity index is 675. The summed E-state index contributed by atoms with van der Waals surface area (Å²) in [6.07, 6.45) is 3.95. The highest BCUT2D eigenvalue weighted by molar-refractivity contribution is 5.98. The Morgan fingerprint density at radius 3 is 2.92 bits per heavy atom. The fourth-order valence-corrected chi connectivity index (χ4v) is 3.09. The average molecular weight is 325 g/mol. The molecule has 0 bridgehead atoms. The van der Waals surface area contributed by atoms with Gasteiger partial charge in [0.15, 0.2) is 0 Å². The van der Waals surface area contributed by atoms with Gasteiger partial charge in [-0.2, -0.15) is 0 Å². The minimum Gasteiger partial charge on any atom is -0.493 e. The monoisotopic (exact) mass is 325 g/mol. The SMILES string of the molecule is CNC(=O)c1cccnc1N1CCC[C@@H](COc2ccccc2)C1. The lowest BCUT2D eigenvalue weighted by Crippen LogP contribution is -2.39. The van der Waals surface area contributed by atoms with Crippen molar-refractivity contribution in [3.05, 3.63) is 54.2 Å². The van der Waals surface area contributed by atoms with E-state index in [0.717, 1.165) is 37.5 Å². The minimum atomic E-state index is -0.0965. The zero-order valence-electron chi connectivity index (χ0n) is 13.9. The van der Waals surface area contributed by atoms with E-state index in [-0.39, 0.29) is 5.91 Å². The highest BCUT2D eigenvalue weighted by Gasteiger charge is 2.24. The number of para-hydroxylation sites is 1. The van der Waals surface area contributed by atoms with Gasteiger partial charge in [0.2, 0.25) is 0 Å². The number of hydrogen-bond acceptors (Lipinski definition) is 4. The van der Waals surface area contributed by atoms with Gasteiger partial charge in [-0.15, -0.1) is 0 Å². The molecule has 1 aliphatic heterocycles. The molecule has 0 saturated carbocycles. The summed E-state index contributed by atoms with van der Waals surface area (Å²) in [5, 5.41) is 2.69. The molecule has 1 N–H and O–H groups in total. The first-order chi connectivity index (χ1) is 11.8. The number of piperidine rings is 1. The van der Waals surface area contributed by atoms with Gasteiger partial charge in [-0.1, -0.05) is 18.2 Å². The lowest BCUT2D eigenvalue weighted by atomic mass is 9.98. The predicted octanol–water partition coefficient (Wildman–Crippen LogP) is 2.74. The predicted molar refractivity (Wildman–Crippen MR) is 94.5 cm³/mol. The normalized spacial score (nSPS) is 17.4. The van der Waals surface area contributed by atoms with Crippen molar-refractivity contribution < 1.29 is 9.53 Å². The van der Waals surface area contributed by atoms with E-state index in [4.69, 9.17) is 4.74 Å². The number of carbonyl (C=O) groups excluding carboxylic acids is 1. The molecule has 1 aliphatic rings. The van der Waals surface area contributed by atoms with Gasteiger partial charge < -0.3 is 15.0 Å². The largest absolute Gasteiger partial charge is 0.493 e. The third-order valence-electron chi connectivity index (χ3n) is 4.31. The zero-order valence-corrected chi connectivity index (χ0v) is 13.9. The third-order valence-corrected chi connectivity index (χ3v) is 4.31.